The van der Waals surface area contributed by atoms with Crippen LogP contribution in [0.25, 0.3) is 0 Å². The summed E-state index contributed by atoms with van der Waals surface area (Å²) in [5, 5.41) is 7.42. The third-order valence-electron chi connectivity index (χ3n) is 1.22. The predicted molar refractivity (Wildman–Crippen MR) is 64.5 cm³/mol. The first kappa shape index (κ1) is 20.6. The normalized spacial score (nSPS) is 10.6. The number of nitrogens with two attached hydrogens (primary N) is 6. The fourth-order valence-corrected chi connectivity index (χ4v) is 0. The second kappa shape index (κ2) is 9.46. The Bertz CT molecular complexity index is 154. The lowest BCUT2D eigenvalue weighted by atomic mass is 10.3. The highest BCUT2D eigenvalue weighted by Gasteiger charge is 2.04. The fourth-order valence-electron chi connectivity index (χ4n) is 0. The highest BCUT2D eigenvalue weighted by molar-refractivity contribution is 5.62. The summed E-state index contributed by atoms with van der Waals surface area (Å²) in [5.41, 5.74) is 30.5. The summed E-state index contributed by atoms with van der Waals surface area (Å²) in [7, 11) is 0. The van der Waals surface area contributed by atoms with Crippen molar-refractivity contribution in [2.75, 3.05) is 0 Å². The van der Waals surface area contributed by atoms with Crippen LogP contribution in [0.5, 0.6) is 0 Å². The van der Waals surface area contributed by atoms with Crippen molar-refractivity contribution in [2.24, 2.45) is 34.4 Å². The zero-order valence-electron chi connectivity index (χ0n) is 10.2. The van der Waals surface area contributed by atoms with Gasteiger partial charge in [-0.1, -0.05) is 13.8 Å². The minimum atomic E-state index is -0.958. The van der Waals surface area contributed by atoms with Gasteiger partial charge in [0.2, 0.25) is 0 Å². The molecule has 0 amide bonds. The van der Waals surface area contributed by atoms with Crippen molar-refractivity contribution in [3.8, 4) is 0 Å². The lowest BCUT2D eigenvalue weighted by Crippen LogP contribution is -2.57. The molecular formula is C8H26N6O2. The SMILES string of the molecule is CC(=O)O.CCC(N)(N)N.CCC(N)(N)N. The number of hydrogen-bond donors (Lipinski definition) is 7. The highest BCUT2D eigenvalue weighted by Crippen LogP contribution is 1.81. The molecule has 0 unspecified atom stereocenters. The van der Waals surface area contributed by atoms with Crippen molar-refractivity contribution in [3.05, 3.63) is 0 Å². The predicted octanol–water partition coefficient (Wildman–Crippen LogP) is -2.06. The lowest BCUT2D eigenvalue weighted by Gasteiger charge is -2.13. The molecule has 100 valence electrons. The molecule has 0 saturated carbocycles. The average molecular weight is 238 g/mol. The van der Waals surface area contributed by atoms with E-state index in [4.69, 9.17) is 44.3 Å². The Hall–Kier alpha value is -0.770. The van der Waals surface area contributed by atoms with Crippen LogP contribution >= 0.6 is 0 Å². The van der Waals surface area contributed by atoms with E-state index in [-0.39, 0.29) is 0 Å². The zero-order valence-corrected chi connectivity index (χ0v) is 10.2. The summed E-state index contributed by atoms with van der Waals surface area (Å²) in [5.74, 6) is -2.75. The molecule has 0 bridgehead atoms. The van der Waals surface area contributed by atoms with Crippen LogP contribution in [0.15, 0.2) is 0 Å². The first-order valence-corrected chi connectivity index (χ1v) is 4.78. The van der Waals surface area contributed by atoms with Gasteiger partial charge in [-0.15, -0.1) is 0 Å². The van der Waals surface area contributed by atoms with Gasteiger partial charge >= 0.3 is 0 Å². The lowest BCUT2D eigenvalue weighted by molar-refractivity contribution is -0.134. The molecule has 0 aromatic rings. The van der Waals surface area contributed by atoms with E-state index in [2.05, 4.69) is 0 Å². The molecular weight excluding hydrogens is 212 g/mol. The fraction of sp³-hybridized carbons (Fsp3) is 0.875. The van der Waals surface area contributed by atoms with Gasteiger partial charge < -0.3 is 39.5 Å². The van der Waals surface area contributed by atoms with E-state index in [1.54, 1.807) is 0 Å². The molecule has 0 aliphatic carbocycles. The molecule has 0 aromatic carbocycles. The Morgan fingerprint density at radius 2 is 1.00 bits per heavy atom. The number of aliphatic carboxylic acids is 1. The topological polar surface area (TPSA) is 193 Å². The second-order valence-electron chi connectivity index (χ2n) is 3.45. The summed E-state index contributed by atoms with van der Waals surface area (Å²) in [6, 6.07) is 0. The molecule has 0 fully saturated rings. The Morgan fingerprint density at radius 3 is 1.00 bits per heavy atom. The van der Waals surface area contributed by atoms with Crippen LogP contribution in [0.4, 0.5) is 0 Å². The maximum absolute atomic E-state index is 9.00. The maximum atomic E-state index is 9.00. The molecule has 0 rings (SSSR count). The summed E-state index contributed by atoms with van der Waals surface area (Å²) >= 11 is 0. The molecule has 0 heterocycles. The Morgan fingerprint density at radius 1 is 0.938 bits per heavy atom. The minimum absolute atomic E-state index is 0.604. The van der Waals surface area contributed by atoms with Gasteiger partial charge in [-0.2, -0.15) is 0 Å². The van der Waals surface area contributed by atoms with Crippen LogP contribution in [0.3, 0.4) is 0 Å². The first-order valence-electron chi connectivity index (χ1n) is 4.78. The number of carboxylic acid groups (broad SMARTS) is 1. The highest BCUT2D eigenvalue weighted by atomic mass is 16.4. The van der Waals surface area contributed by atoms with Crippen molar-refractivity contribution in [1.82, 2.24) is 0 Å². The van der Waals surface area contributed by atoms with Crippen LogP contribution in [0, 0.1) is 0 Å². The standard InChI is InChI=1S/2C3H11N3.C2H4O2/c2*1-2-3(4,5)6;1-2(3)4/h2*2,4-6H2,1H3;1H3,(H,3,4). The third kappa shape index (κ3) is 72.3. The van der Waals surface area contributed by atoms with Gasteiger partial charge in [-0.05, 0) is 12.8 Å². The number of carboxylic acids is 1. The van der Waals surface area contributed by atoms with Crippen molar-refractivity contribution in [2.45, 2.75) is 45.2 Å². The number of carbonyl (C=O) groups is 1. The van der Waals surface area contributed by atoms with Gasteiger partial charge in [0.15, 0.2) is 0 Å². The first-order chi connectivity index (χ1) is 6.85. The largest absolute Gasteiger partial charge is 0.481 e. The van der Waals surface area contributed by atoms with Crippen molar-refractivity contribution < 1.29 is 9.90 Å². The summed E-state index contributed by atoms with van der Waals surface area (Å²) in [6.07, 6.45) is 1.21. The number of rotatable bonds is 2. The van der Waals surface area contributed by atoms with Crippen molar-refractivity contribution in [1.29, 1.82) is 0 Å². The minimum Gasteiger partial charge on any atom is -0.481 e. The summed E-state index contributed by atoms with van der Waals surface area (Å²) < 4.78 is 0. The smallest absolute Gasteiger partial charge is 0.300 e. The zero-order chi connectivity index (χ0) is 14.0. The molecule has 0 aliphatic rings. The molecule has 8 nitrogen and oxygen atoms in total. The number of hydrogen-bond acceptors (Lipinski definition) is 7. The van der Waals surface area contributed by atoms with Gasteiger partial charge in [0.05, 0.1) is 0 Å². The van der Waals surface area contributed by atoms with Crippen LogP contribution in [0.1, 0.15) is 33.6 Å². The monoisotopic (exact) mass is 238 g/mol. The van der Waals surface area contributed by atoms with E-state index in [1.165, 1.54) is 0 Å². The third-order valence-corrected chi connectivity index (χ3v) is 1.22. The molecule has 0 radical (unpaired) electrons. The quantitative estimate of drug-likeness (QED) is 0.267. The van der Waals surface area contributed by atoms with Gasteiger partial charge in [0.1, 0.15) is 11.6 Å². The summed E-state index contributed by atoms with van der Waals surface area (Å²) in [6.45, 7) is 4.75. The van der Waals surface area contributed by atoms with Crippen LogP contribution in [-0.2, 0) is 4.79 Å². The van der Waals surface area contributed by atoms with E-state index in [0.717, 1.165) is 6.92 Å². The molecule has 0 atom stereocenters. The molecule has 0 aromatic heterocycles. The molecule has 0 saturated heterocycles. The molecule has 16 heavy (non-hydrogen) atoms. The Labute approximate surface area is 96.3 Å². The van der Waals surface area contributed by atoms with E-state index >= 15 is 0 Å². The molecule has 8 heteroatoms. The Kier molecular flexibility index (Phi) is 12.2. The molecule has 0 spiro atoms. The summed E-state index contributed by atoms with van der Waals surface area (Å²) in [4.78, 5) is 9.00. The van der Waals surface area contributed by atoms with Crippen LogP contribution in [0.2, 0.25) is 0 Å². The van der Waals surface area contributed by atoms with E-state index in [9.17, 15) is 0 Å². The van der Waals surface area contributed by atoms with E-state index in [1.807, 2.05) is 13.8 Å². The second-order valence-corrected chi connectivity index (χ2v) is 3.45. The maximum Gasteiger partial charge on any atom is 0.300 e. The van der Waals surface area contributed by atoms with Gasteiger partial charge in [-0.3, -0.25) is 4.79 Å². The van der Waals surface area contributed by atoms with Crippen LogP contribution in [-0.4, -0.2) is 22.6 Å². The van der Waals surface area contributed by atoms with E-state index < -0.39 is 17.5 Å². The van der Waals surface area contributed by atoms with Gasteiger partial charge in [-0.25, -0.2) is 0 Å². The molecule has 0 aliphatic heterocycles. The van der Waals surface area contributed by atoms with Crippen molar-refractivity contribution in [3.63, 3.8) is 0 Å². The van der Waals surface area contributed by atoms with Gasteiger partial charge in [0.25, 0.3) is 5.97 Å². The van der Waals surface area contributed by atoms with Crippen LogP contribution < -0.4 is 34.4 Å². The average Bonchev–Trinajstić information content (AvgIpc) is 2.02. The Balaban J connectivity index is -0.000000162. The van der Waals surface area contributed by atoms with Gasteiger partial charge in [0, 0.05) is 6.92 Å². The van der Waals surface area contributed by atoms with E-state index in [0.29, 0.717) is 12.8 Å². The molecule has 13 N–H and O–H groups in total. The van der Waals surface area contributed by atoms with Crippen molar-refractivity contribution >= 4 is 5.97 Å².